The van der Waals surface area contributed by atoms with E-state index in [4.69, 9.17) is 1.87 Å². The molecular weight excluding hydrogens is 834 g/mol. The van der Waals surface area contributed by atoms with E-state index in [0.717, 1.165) is 5.92 Å². The summed E-state index contributed by atoms with van der Waals surface area (Å²) in [7, 11) is 0. The van der Waals surface area contributed by atoms with Crippen LogP contribution in [0.5, 0.6) is 0 Å². The maximum atomic E-state index is 6.99. The van der Waals surface area contributed by atoms with Crippen LogP contribution in [-0.4, -0.2) is 6.80 Å². The number of rotatable bonds is 2. The Bertz CT molecular complexity index is 283. The van der Waals surface area contributed by atoms with E-state index < -0.39 is 20.3 Å². The van der Waals surface area contributed by atoms with Gasteiger partial charge in [-0.2, -0.15) is 0 Å². The van der Waals surface area contributed by atoms with E-state index in [1.165, 1.54) is 32.1 Å². The third kappa shape index (κ3) is 43.6. The number of halogens is 4. The van der Waals surface area contributed by atoms with Gasteiger partial charge in [-0.05, 0) is 80.1 Å². The summed E-state index contributed by atoms with van der Waals surface area (Å²) in [5, 5.41) is 0. The van der Waals surface area contributed by atoms with Gasteiger partial charge in [-0.3, -0.25) is 0 Å². The van der Waals surface area contributed by atoms with Gasteiger partial charge in [-0.25, -0.2) is 0 Å². The normalized spacial score (nSPS) is 22.1. The van der Waals surface area contributed by atoms with E-state index >= 15 is 0 Å². The summed E-state index contributed by atoms with van der Waals surface area (Å²) in [6.45, 7) is 22.9. The molecule has 0 aliphatic heterocycles. The fraction of sp³-hybridized carbons (Fsp3) is 1.00. The average molecular weight is 897 g/mol. The Labute approximate surface area is 233 Å². The van der Waals surface area contributed by atoms with Crippen molar-refractivity contribution in [3.8, 4) is 0 Å². The van der Waals surface area contributed by atoms with Gasteiger partial charge in [0.25, 0.3) is 0 Å². The molecule has 1 fully saturated rings. The largest absolute Gasteiger partial charge is 0.0801 e. The van der Waals surface area contributed by atoms with Crippen molar-refractivity contribution < 1.29 is 17.2 Å². The third-order valence-electron chi connectivity index (χ3n) is 3.58. The monoisotopic (exact) mass is 897 g/mol. The van der Waals surface area contributed by atoms with Crippen LogP contribution in [0.2, 0.25) is 0 Å². The summed E-state index contributed by atoms with van der Waals surface area (Å²) < 4.78 is 13.2. The van der Waals surface area contributed by atoms with Gasteiger partial charge in [0.2, 0.25) is 0 Å². The van der Waals surface area contributed by atoms with Crippen molar-refractivity contribution in [2.24, 2.45) is 16.7 Å². The minimum atomic E-state index is -1.01. The first-order valence-electron chi connectivity index (χ1n) is 9.69. The summed E-state index contributed by atoms with van der Waals surface area (Å²) in [5.41, 5.74) is 1.21. The Morgan fingerprint density at radius 2 is 1.39 bits per heavy atom. The van der Waals surface area contributed by atoms with E-state index in [1.807, 2.05) is 13.8 Å². The molecule has 0 heterocycles. The fourth-order valence-electron chi connectivity index (χ4n) is 3.43. The Hall–Kier alpha value is 3.78. The van der Waals surface area contributed by atoms with Crippen LogP contribution in [0.4, 0.5) is 0 Å². The van der Waals surface area contributed by atoms with Crippen LogP contribution in [0, 0.1) is 16.7 Å². The van der Waals surface area contributed by atoms with Crippen molar-refractivity contribution in [2.75, 3.05) is 4.93 Å². The van der Waals surface area contributed by atoms with Crippen molar-refractivity contribution in [3.05, 3.63) is 0 Å². The van der Waals surface area contributed by atoms with Crippen molar-refractivity contribution in [3.63, 3.8) is 0 Å². The van der Waals surface area contributed by atoms with E-state index in [9.17, 15) is 0 Å². The van der Waals surface area contributed by atoms with Gasteiger partial charge in [0.15, 0.2) is 0 Å². The second-order valence-electron chi connectivity index (χ2n) is 7.01. The molecule has 3 unspecified atom stereocenters. The molecule has 6 heteroatoms. The fourth-order valence-corrected chi connectivity index (χ4v) is 3.43. The minimum absolute atomic E-state index is 0. The zero-order valence-corrected chi connectivity index (χ0v) is 28.3. The summed E-state index contributed by atoms with van der Waals surface area (Å²) in [4.78, 5) is 2.17. The Morgan fingerprint density at radius 3 is 1.57 bits per heavy atom. The van der Waals surface area contributed by atoms with Crippen LogP contribution >= 0.6 is 71.3 Å². The molecule has 28 heavy (non-hydrogen) atoms. The van der Waals surface area contributed by atoms with E-state index in [0.29, 0.717) is 28.1 Å². The third-order valence-corrected chi connectivity index (χ3v) is 14.6. The molecule has 0 radical (unpaired) electrons. The molecule has 0 nitrogen and oxygen atoms in total. The van der Waals surface area contributed by atoms with Crippen LogP contribution in [0.25, 0.3) is 0 Å². The van der Waals surface area contributed by atoms with Gasteiger partial charge in [-0.15, -0.1) is 0 Å². The molecule has 1 saturated carbocycles. The van der Waals surface area contributed by atoms with Crippen molar-refractivity contribution >= 4 is 71.3 Å². The molecule has 1 aliphatic carbocycles. The summed E-state index contributed by atoms with van der Waals surface area (Å²) >= 11 is 3.45. The van der Waals surface area contributed by atoms with Gasteiger partial charge in [0.1, 0.15) is 0 Å². The molecule has 0 aromatic carbocycles. The van der Waals surface area contributed by atoms with E-state index in [1.54, 1.807) is 0 Å². The maximum absolute atomic E-state index is 6.99. The molecule has 0 bridgehead atoms. The van der Waals surface area contributed by atoms with Gasteiger partial charge in [0.05, 0.1) is 1.28 Å². The molecule has 0 spiro atoms. The molecule has 1 rings (SSSR count). The van der Waals surface area contributed by atoms with Gasteiger partial charge in [-0.1, -0.05) is 105 Å². The maximum Gasteiger partial charge on any atom is 0.0801 e. The van der Waals surface area contributed by atoms with Crippen molar-refractivity contribution in [1.29, 1.82) is 1.87 Å². The summed E-state index contributed by atoms with van der Waals surface area (Å²) in [6, 6.07) is 0. The number of alkyl halides is 1. The minimum Gasteiger partial charge on any atom is -0.0452 e. The molecular formula is C22H61I4P2-. The van der Waals surface area contributed by atoms with E-state index in [-0.39, 0.29) is 29.7 Å². The Kier molecular flexibility index (Phi) is 61.6. The molecule has 0 N–H and O–H groups in total. The standard InChI is InChI=1S/C12H24.C3H8.C2H6.CH6I2P.4CH4.HI2P/c1-6-12(5)8-10(2)7-11(3,4)9-12;1-3-2;1-2;1-2-3-4;;;;;1-3-2/h10H,6-9H2,1-5H3;3H2,1-2H3;1-2H3;3H,4H2,1H3;4*1H4;3H/q;;;-1;;;;;/i;;;3D;;;;;3D. The average Bonchev–Trinajstić information content (AvgIpc) is 2.47. The predicted molar refractivity (Wildman–Crippen MR) is 177 cm³/mol. The van der Waals surface area contributed by atoms with Crippen LogP contribution in [-0.2, 0) is 0 Å². The SMILES string of the molecule is C.C.C.C.CC.CCC.CCC1(C)CC(C)CC(C)(C)C1.[2H]I(P)[I-]C.[2H]P(I)I. The predicted octanol–water partition coefficient (Wildman–Crippen LogP) is 9.71. The van der Waals surface area contributed by atoms with Crippen LogP contribution in [0.15, 0.2) is 0 Å². The second kappa shape index (κ2) is 38.1. The van der Waals surface area contributed by atoms with Gasteiger partial charge in [0, 0.05) is 3.81 Å². The first-order chi connectivity index (χ1) is 11.8. The smallest absolute Gasteiger partial charge is 0.0452 e. The number of hydrogen-bond acceptors (Lipinski definition) is 0. The Morgan fingerprint density at radius 1 is 1.11 bits per heavy atom. The van der Waals surface area contributed by atoms with Crippen molar-refractivity contribution in [2.45, 2.75) is 124 Å². The van der Waals surface area contributed by atoms with Crippen LogP contribution in [0.1, 0.15) is 124 Å². The topological polar surface area (TPSA) is 0 Å². The first-order valence-corrected chi connectivity index (χ1v) is 27.9. The van der Waals surface area contributed by atoms with Crippen LogP contribution in [0.3, 0.4) is 0 Å². The van der Waals surface area contributed by atoms with Gasteiger partial charge < -0.3 is 0 Å². The molecule has 0 amide bonds. The first kappa shape index (κ1) is 45.3. The van der Waals surface area contributed by atoms with Crippen molar-refractivity contribution in [1.82, 2.24) is 0 Å². The molecule has 3 atom stereocenters. The molecule has 188 valence electrons. The molecule has 0 saturated heterocycles. The van der Waals surface area contributed by atoms with Crippen LogP contribution < -0.4 is 17.2 Å². The quantitative estimate of drug-likeness (QED) is 0.147. The van der Waals surface area contributed by atoms with Gasteiger partial charge >= 0.3 is 46.1 Å². The molecule has 0 aromatic heterocycles. The zero-order valence-electron chi connectivity index (χ0n) is 19.6. The summed E-state index contributed by atoms with van der Waals surface area (Å²) in [6.07, 6.45) is 6.87. The molecule has 0 aromatic rings. The number of hydrogen-bond donors (Lipinski definition) is 0. The van der Waals surface area contributed by atoms with E-state index in [2.05, 4.69) is 104 Å². The zero-order chi connectivity index (χ0) is 22.0. The second-order valence-corrected chi connectivity index (χ2v) is 32.9. The summed E-state index contributed by atoms with van der Waals surface area (Å²) in [5.74, 6) is 0.929. The molecule has 1 aliphatic rings. The Balaban J connectivity index is -0.0000000386.